The number of amides is 2. The first-order valence-corrected chi connectivity index (χ1v) is 11.3. The average molecular weight is 429 g/mol. The smallest absolute Gasteiger partial charge is 0.338 e. The lowest BCUT2D eigenvalue weighted by Crippen LogP contribution is -2.48. The zero-order valence-corrected chi connectivity index (χ0v) is 18.1. The second kappa shape index (κ2) is 6.59. The molecule has 4 atom stereocenters. The lowest BCUT2D eigenvalue weighted by molar-refractivity contribution is -0.132. The van der Waals surface area contributed by atoms with Gasteiger partial charge in [-0.1, -0.05) is 24.7 Å². The Morgan fingerprint density at radius 3 is 2.53 bits per heavy atom. The van der Waals surface area contributed by atoms with E-state index in [1.165, 1.54) is 16.2 Å². The second-order valence-corrected chi connectivity index (χ2v) is 9.72. The summed E-state index contributed by atoms with van der Waals surface area (Å²) < 4.78 is 12.0. The topological polar surface area (TPSA) is 85.8 Å². The Kier molecular flexibility index (Phi) is 4.31. The minimum atomic E-state index is -0.862. The summed E-state index contributed by atoms with van der Waals surface area (Å²) in [5.41, 5.74) is -0.638. The number of carbonyl (C=O) groups is 3. The fourth-order valence-electron chi connectivity index (χ4n) is 5.13. The molecule has 158 valence electrons. The van der Waals surface area contributed by atoms with Crippen LogP contribution in [0.5, 0.6) is 0 Å². The molecule has 0 N–H and O–H groups in total. The fourth-order valence-corrected chi connectivity index (χ4v) is 6.14. The molecule has 0 saturated carbocycles. The molecule has 2 bridgehead atoms. The van der Waals surface area contributed by atoms with Crippen molar-refractivity contribution >= 4 is 44.5 Å². The van der Waals surface area contributed by atoms with E-state index in [0.29, 0.717) is 22.8 Å². The van der Waals surface area contributed by atoms with Crippen LogP contribution in [0.1, 0.15) is 56.8 Å². The largest absolute Gasteiger partial charge is 0.462 e. The third kappa shape index (κ3) is 2.34. The summed E-state index contributed by atoms with van der Waals surface area (Å²) in [7, 11) is 0. The summed E-state index contributed by atoms with van der Waals surface area (Å²) in [4.78, 5) is 44.9. The molecule has 4 heterocycles. The summed E-state index contributed by atoms with van der Waals surface area (Å²) in [6.45, 7) is 6.13. The maximum Gasteiger partial charge on any atom is 0.338 e. The third-order valence-electron chi connectivity index (χ3n) is 7.22. The SMILES string of the molecule is CCCCOC(=O)c1ccc2nc(N3C(=O)[C@@]4(C)[C@H]5CC[C@@H](O5)[C@@]4(C)C3=O)sc2c1. The van der Waals surface area contributed by atoms with Gasteiger partial charge in [-0.15, -0.1) is 0 Å². The van der Waals surface area contributed by atoms with E-state index >= 15 is 0 Å². The zero-order chi connectivity index (χ0) is 21.3. The van der Waals surface area contributed by atoms with Crippen LogP contribution in [0, 0.1) is 10.8 Å². The molecule has 30 heavy (non-hydrogen) atoms. The maximum atomic E-state index is 13.4. The number of imide groups is 1. The highest BCUT2D eigenvalue weighted by molar-refractivity contribution is 7.22. The van der Waals surface area contributed by atoms with E-state index in [1.54, 1.807) is 18.2 Å². The molecule has 5 rings (SSSR count). The minimum absolute atomic E-state index is 0.229. The van der Waals surface area contributed by atoms with Gasteiger partial charge in [0.2, 0.25) is 11.8 Å². The molecule has 0 aliphatic carbocycles. The first-order chi connectivity index (χ1) is 14.3. The Morgan fingerprint density at radius 2 is 1.90 bits per heavy atom. The van der Waals surface area contributed by atoms with Gasteiger partial charge in [0.25, 0.3) is 0 Å². The number of nitrogens with zero attached hydrogens (tertiary/aromatic N) is 2. The number of esters is 1. The van der Waals surface area contributed by atoms with E-state index in [1.807, 2.05) is 20.8 Å². The van der Waals surface area contributed by atoms with E-state index in [2.05, 4.69) is 4.98 Å². The predicted octanol–water partition coefficient (Wildman–Crippen LogP) is 3.70. The predicted molar refractivity (Wildman–Crippen MR) is 111 cm³/mol. The third-order valence-corrected chi connectivity index (χ3v) is 8.22. The van der Waals surface area contributed by atoms with Gasteiger partial charge in [0.05, 0.1) is 45.4 Å². The summed E-state index contributed by atoms with van der Waals surface area (Å²) in [5.74, 6) is -0.849. The van der Waals surface area contributed by atoms with Crippen LogP contribution >= 0.6 is 11.3 Å². The molecule has 0 radical (unpaired) electrons. The van der Waals surface area contributed by atoms with Crippen LogP contribution in [-0.2, 0) is 19.1 Å². The molecule has 3 saturated heterocycles. The van der Waals surface area contributed by atoms with E-state index in [4.69, 9.17) is 9.47 Å². The number of anilines is 1. The summed E-state index contributed by atoms with van der Waals surface area (Å²) in [6, 6.07) is 5.11. The van der Waals surface area contributed by atoms with Crippen molar-refractivity contribution in [3.8, 4) is 0 Å². The van der Waals surface area contributed by atoms with E-state index in [-0.39, 0.29) is 30.0 Å². The van der Waals surface area contributed by atoms with Gasteiger partial charge in [0, 0.05) is 0 Å². The Labute approximate surface area is 178 Å². The van der Waals surface area contributed by atoms with Crippen molar-refractivity contribution in [2.24, 2.45) is 10.8 Å². The number of hydrogen-bond donors (Lipinski definition) is 0. The molecule has 1 aromatic carbocycles. The molecule has 0 spiro atoms. The molecule has 0 unspecified atom stereocenters. The molecular weight excluding hydrogens is 404 g/mol. The normalized spacial score (nSPS) is 32.3. The maximum absolute atomic E-state index is 13.4. The zero-order valence-electron chi connectivity index (χ0n) is 17.3. The number of ether oxygens (including phenoxy) is 2. The Hall–Kier alpha value is -2.32. The second-order valence-electron chi connectivity index (χ2n) is 8.71. The minimum Gasteiger partial charge on any atom is -0.462 e. The standard InChI is InChI=1S/C22H24N2O5S/c1-4-5-10-28-17(25)12-6-7-13-14(11-12)30-20(23-13)24-18(26)21(2)15-8-9-16(29-15)22(21,3)19(24)27/h6-7,11,15-16H,4-5,8-10H2,1-3H3/t15-,16-,21-,22+/m1/s1. The summed E-state index contributed by atoms with van der Waals surface area (Å²) in [6.07, 6.45) is 2.91. The molecule has 8 heteroatoms. The first-order valence-electron chi connectivity index (χ1n) is 10.4. The number of carbonyl (C=O) groups excluding carboxylic acids is 3. The molecular formula is C22H24N2O5S. The molecule has 3 aliphatic rings. The van der Waals surface area contributed by atoms with E-state index < -0.39 is 10.8 Å². The summed E-state index contributed by atoms with van der Waals surface area (Å²) in [5, 5.41) is 0.354. The first kappa shape index (κ1) is 19.6. The van der Waals surface area contributed by atoms with Crippen molar-refractivity contribution in [3.63, 3.8) is 0 Å². The van der Waals surface area contributed by atoms with Crippen LogP contribution in [-0.4, -0.2) is 41.6 Å². The number of rotatable bonds is 5. The van der Waals surface area contributed by atoms with Gasteiger partial charge < -0.3 is 9.47 Å². The van der Waals surface area contributed by atoms with Gasteiger partial charge in [-0.3, -0.25) is 9.59 Å². The molecule has 2 aromatic rings. The van der Waals surface area contributed by atoms with Crippen LogP contribution in [0.4, 0.5) is 5.13 Å². The van der Waals surface area contributed by atoms with E-state index in [9.17, 15) is 14.4 Å². The van der Waals surface area contributed by atoms with Gasteiger partial charge in [-0.2, -0.15) is 0 Å². The molecule has 3 fully saturated rings. The van der Waals surface area contributed by atoms with Gasteiger partial charge >= 0.3 is 5.97 Å². The number of fused-ring (bicyclic) bond motifs is 6. The van der Waals surface area contributed by atoms with Crippen LogP contribution < -0.4 is 4.90 Å². The van der Waals surface area contributed by atoms with Crippen LogP contribution in [0.25, 0.3) is 10.2 Å². The highest BCUT2D eigenvalue weighted by Crippen LogP contribution is 2.64. The summed E-state index contributed by atoms with van der Waals surface area (Å²) >= 11 is 1.25. The quantitative estimate of drug-likeness (QED) is 0.410. The van der Waals surface area contributed by atoms with Gasteiger partial charge in [-0.25, -0.2) is 14.7 Å². The number of hydrogen-bond acceptors (Lipinski definition) is 7. The van der Waals surface area contributed by atoms with Gasteiger partial charge in [-0.05, 0) is 51.3 Å². The van der Waals surface area contributed by atoms with Crippen LogP contribution in [0.2, 0.25) is 0 Å². The highest BCUT2D eigenvalue weighted by atomic mass is 32.1. The van der Waals surface area contributed by atoms with Crippen LogP contribution in [0.3, 0.4) is 0 Å². The molecule has 2 amide bonds. The van der Waals surface area contributed by atoms with Crippen LogP contribution in [0.15, 0.2) is 18.2 Å². The number of aromatic nitrogens is 1. The Bertz CT molecular complexity index is 1050. The lowest BCUT2D eigenvalue weighted by Gasteiger charge is -2.36. The number of thiazole rings is 1. The highest BCUT2D eigenvalue weighted by Gasteiger charge is 2.77. The van der Waals surface area contributed by atoms with Gasteiger partial charge in [0.1, 0.15) is 0 Å². The van der Waals surface area contributed by atoms with Crippen molar-refractivity contribution in [3.05, 3.63) is 23.8 Å². The van der Waals surface area contributed by atoms with Crippen molar-refractivity contribution in [1.29, 1.82) is 0 Å². The fraction of sp³-hybridized carbons (Fsp3) is 0.545. The molecule has 7 nitrogen and oxygen atoms in total. The Balaban J connectivity index is 1.48. The lowest BCUT2D eigenvalue weighted by atomic mass is 9.59. The average Bonchev–Trinajstić information content (AvgIpc) is 3.45. The van der Waals surface area contributed by atoms with Crippen molar-refractivity contribution in [1.82, 2.24) is 4.98 Å². The Morgan fingerprint density at radius 1 is 1.23 bits per heavy atom. The monoisotopic (exact) mass is 428 g/mol. The van der Waals surface area contributed by atoms with Crippen molar-refractivity contribution in [2.45, 2.75) is 58.7 Å². The molecule has 1 aromatic heterocycles. The van der Waals surface area contributed by atoms with Crippen molar-refractivity contribution < 1.29 is 23.9 Å². The van der Waals surface area contributed by atoms with Gasteiger partial charge in [0.15, 0.2) is 5.13 Å². The van der Waals surface area contributed by atoms with E-state index in [0.717, 1.165) is 30.4 Å². The number of unbranched alkanes of at least 4 members (excludes halogenated alkanes) is 1. The van der Waals surface area contributed by atoms with Crippen molar-refractivity contribution in [2.75, 3.05) is 11.5 Å². The molecule has 3 aliphatic heterocycles. The number of benzene rings is 1.